The number of hydrogen-bond donors (Lipinski definition) is 0. The third kappa shape index (κ3) is 2.13. The second kappa shape index (κ2) is 4.45. The summed E-state index contributed by atoms with van der Waals surface area (Å²) < 4.78 is 6.21. The first-order valence-electron chi connectivity index (χ1n) is 4.73. The monoisotopic (exact) mass is 228 g/mol. The number of esters is 1. The minimum absolute atomic E-state index is 0.267. The van der Waals surface area contributed by atoms with Gasteiger partial charge >= 0.3 is 5.97 Å². The highest BCUT2D eigenvalue weighted by molar-refractivity contribution is 5.89. The number of methoxy groups -OCH3 is 1. The van der Waals surface area contributed by atoms with Crippen molar-refractivity contribution in [3.8, 4) is 11.9 Å². The van der Waals surface area contributed by atoms with Gasteiger partial charge in [0.15, 0.2) is 0 Å². The minimum atomic E-state index is -0.418. The second-order valence-corrected chi connectivity index (χ2v) is 3.17. The zero-order valence-corrected chi connectivity index (χ0v) is 8.99. The third-order valence-electron chi connectivity index (χ3n) is 2.15. The normalized spacial score (nSPS) is 9.65. The number of aromatic nitrogens is 3. The fraction of sp³-hybridized carbons (Fsp3) is 0.0909. The maximum absolute atomic E-state index is 11.3. The van der Waals surface area contributed by atoms with E-state index in [2.05, 4.69) is 14.7 Å². The van der Waals surface area contributed by atoms with Crippen LogP contribution in [0.2, 0.25) is 0 Å². The summed E-state index contributed by atoms with van der Waals surface area (Å²) in [6.45, 7) is 0. The lowest BCUT2D eigenvalue weighted by atomic mass is 10.3. The van der Waals surface area contributed by atoms with Crippen LogP contribution in [0, 0.1) is 11.3 Å². The SMILES string of the molecule is COC(=O)c1ccn(-c2cc(C#N)ncn2)c1. The van der Waals surface area contributed by atoms with Crippen LogP contribution in [0.25, 0.3) is 5.82 Å². The zero-order chi connectivity index (χ0) is 12.3. The van der Waals surface area contributed by atoms with E-state index in [1.807, 2.05) is 6.07 Å². The van der Waals surface area contributed by atoms with Crippen molar-refractivity contribution in [2.24, 2.45) is 0 Å². The third-order valence-corrected chi connectivity index (χ3v) is 2.15. The highest BCUT2D eigenvalue weighted by Crippen LogP contribution is 2.09. The van der Waals surface area contributed by atoms with Gasteiger partial charge in [-0.25, -0.2) is 14.8 Å². The van der Waals surface area contributed by atoms with Gasteiger partial charge in [-0.1, -0.05) is 0 Å². The molecule has 6 heteroatoms. The number of rotatable bonds is 2. The molecule has 0 aliphatic heterocycles. The van der Waals surface area contributed by atoms with E-state index in [4.69, 9.17) is 5.26 Å². The van der Waals surface area contributed by atoms with E-state index in [1.165, 1.54) is 19.5 Å². The molecule has 0 bridgehead atoms. The van der Waals surface area contributed by atoms with Crippen LogP contribution in [0.4, 0.5) is 0 Å². The van der Waals surface area contributed by atoms with Gasteiger partial charge in [-0.05, 0) is 6.07 Å². The largest absolute Gasteiger partial charge is 0.465 e. The van der Waals surface area contributed by atoms with E-state index >= 15 is 0 Å². The Kier molecular flexibility index (Phi) is 2.83. The molecule has 2 rings (SSSR count). The Balaban J connectivity index is 2.37. The van der Waals surface area contributed by atoms with Crippen molar-refractivity contribution in [2.75, 3.05) is 7.11 Å². The van der Waals surface area contributed by atoms with Crippen LogP contribution >= 0.6 is 0 Å². The standard InChI is InChI=1S/C11H8N4O2/c1-17-11(16)8-2-3-15(6-8)10-4-9(5-12)13-7-14-10/h2-4,6-7H,1H3. The highest BCUT2D eigenvalue weighted by Gasteiger charge is 2.08. The van der Waals surface area contributed by atoms with Crippen molar-refractivity contribution in [3.05, 3.63) is 42.1 Å². The molecule has 84 valence electrons. The molecule has 6 nitrogen and oxygen atoms in total. The summed E-state index contributed by atoms with van der Waals surface area (Å²) in [7, 11) is 1.32. The summed E-state index contributed by atoms with van der Waals surface area (Å²) in [5.41, 5.74) is 0.688. The molecular weight excluding hydrogens is 220 g/mol. The molecule has 0 fully saturated rings. The molecule has 0 N–H and O–H groups in total. The maximum Gasteiger partial charge on any atom is 0.339 e. The lowest BCUT2D eigenvalue weighted by Gasteiger charge is -2.00. The van der Waals surface area contributed by atoms with Crippen LogP contribution in [-0.4, -0.2) is 27.6 Å². The van der Waals surface area contributed by atoms with E-state index in [1.54, 1.807) is 23.0 Å². The van der Waals surface area contributed by atoms with E-state index < -0.39 is 5.97 Å². The Morgan fingerprint density at radius 3 is 3.06 bits per heavy atom. The van der Waals surface area contributed by atoms with E-state index in [0.717, 1.165) is 0 Å². The zero-order valence-electron chi connectivity index (χ0n) is 8.99. The molecule has 0 saturated carbocycles. The Morgan fingerprint density at radius 2 is 2.35 bits per heavy atom. The molecule has 0 atom stereocenters. The van der Waals surface area contributed by atoms with Crippen molar-refractivity contribution in [3.63, 3.8) is 0 Å². The Hall–Kier alpha value is -2.68. The lowest BCUT2D eigenvalue weighted by Crippen LogP contribution is -2.00. The predicted octanol–water partition coefficient (Wildman–Crippen LogP) is 0.926. The highest BCUT2D eigenvalue weighted by atomic mass is 16.5. The summed E-state index contributed by atoms with van der Waals surface area (Å²) in [6.07, 6.45) is 4.54. The summed E-state index contributed by atoms with van der Waals surface area (Å²) in [6, 6.07) is 5.06. The van der Waals surface area contributed by atoms with Crippen LogP contribution in [0.3, 0.4) is 0 Å². The lowest BCUT2D eigenvalue weighted by molar-refractivity contribution is 0.0601. The molecule has 2 aromatic rings. The first kappa shape index (κ1) is 10.8. The molecule has 0 unspecified atom stereocenters. The molecule has 0 radical (unpaired) electrons. The van der Waals surface area contributed by atoms with E-state index in [0.29, 0.717) is 11.4 Å². The van der Waals surface area contributed by atoms with Gasteiger partial charge < -0.3 is 9.30 Å². The van der Waals surface area contributed by atoms with Gasteiger partial charge in [-0.3, -0.25) is 0 Å². The number of carbonyl (C=O) groups is 1. The number of ether oxygens (including phenoxy) is 1. The Morgan fingerprint density at radius 1 is 1.53 bits per heavy atom. The van der Waals surface area contributed by atoms with E-state index in [-0.39, 0.29) is 5.69 Å². The molecule has 0 aliphatic rings. The molecule has 0 saturated heterocycles. The van der Waals surface area contributed by atoms with Gasteiger partial charge in [0, 0.05) is 18.5 Å². The average molecular weight is 228 g/mol. The van der Waals surface area contributed by atoms with Gasteiger partial charge in [0.1, 0.15) is 23.9 Å². The van der Waals surface area contributed by atoms with Crippen molar-refractivity contribution in [1.29, 1.82) is 5.26 Å². The maximum atomic E-state index is 11.3. The van der Waals surface area contributed by atoms with Crippen molar-refractivity contribution in [2.45, 2.75) is 0 Å². The summed E-state index contributed by atoms with van der Waals surface area (Å²) in [5, 5.41) is 8.72. The number of nitriles is 1. The predicted molar refractivity (Wildman–Crippen MR) is 57.4 cm³/mol. The number of carbonyl (C=O) groups excluding carboxylic acids is 1. The molecule has 0 spiro atoms. The fourth-order valence-corrected chi connectivity index (χ4v) is 1.33. The van der Waals surface area contributed by atoms with Crippen molar-refractivity contribution in [1.82, 2.24) is 14.5 Å². The topological polar surface area (TPSA) is 80.8 Å². The van der Waals surface area contributed by atoms with Gasteiger partial charge in [0.05, 0.1) is 12.7 Å². The first-order valence-corrected chi connectivity index (χ1v) is 4.73. The second-order valence-electron chi connectivity index (χ2n) is 3.17. The molecule has 0 amide bonds. The van der Waals surface area contributed by atoms with Crippen LogP contribution < -0.4 is 0 Å². The number of nitrogens with zero attached hydrogens (tertiary/aromatic N) is 4. The van der Waals surface area contributed by atoms with Crippen LogP contribution in [0.15, 0.2) is 30.9 Å². The number of hydrogen-bond acceptors (Lipinski definition) is 5. The average Bonchev–Trinajstić information content (AvgIpc) is 2.87. The van der Waals surface area contributed by atoms with Gasteiger partial charge in [0.2, 0.25) is 0 Å². The molecular formula is C11H8N4O2. The summed E-state index contributed by atoms with van der Waals surface area (Å²) >= 11 is 0. The molecule has 2 heterocycles. The van der Waals surface area contributed by atoms with Gasteiger partial charge in [-0.15, -0.1) is 0 Å². The fourth-order valence-electron chi connectivity index (χ4n) is 1.33. The summed E-state index contributed by atoms with van der Waals surface area (Å²) in [4.78, 5) is 19.0. The van der Waals surface area contributed by atoms with Gasteiger partial charge in [-0.2, -0.15) is 5.26 Å². The first-order chi connectivity index (χ1) is 8.24. The van der Waals surface area contributed by atoms with Crippen molar-refractivity contribution >= 4 is 5.97 Å². The Bertz CT molecular complexity index is 598. The quantitative estimate of drug-likeness (QED) is 0.714. The minimum Gasteiger partial charge on any atom is -0.465 e. The van der Waals surface area contributed by atoms with Crippen molar-refractivity contribution < 1.29 is 9.53 Å². The van der Waals surface area contributed by atoms with E-state index in [9.17, 15) is 4.79 Å². The van der Waals surface area contributed by atoms with Crippen LogP contribution in [-0.2, 0) is 4.74 Å². The van der Waals surface area contributed by atoms with Crippen LogP contribution in [0.5, 0.6) is 0 Å². The molecule has 2 aromatic heterocycles. The molecule has 17 heavy (non-hydrogen) atoms. The van der Waals surface area contributed by atoms with Gasteiger partial charge in [0.25, 0.3) is 0 Å². The summed E-state index contributed by atoms with van der Waals surface area (Å²) in [5.74, 6) is 0.102. The Labute approximate surface area is 97.1 Å². The smallest absolute Gasteiger partial charge is 0.339 e. The van der Waals surface area contributed by atoms with Crippen LogP contribution in [0.1, 0.15) is 16.1 Å². The molecule has 0 aliphatic carbocycles. The molecule has 0 aromatic carbocycles.